The summed E-state index contributed by atoms with van der Waals surface area (Å²) in [6.07, 6.45) is 6.72. The molecule has 0 aliphatic carbocycles. The lowest BCUT2D eigenvalue weighted by Gasteiger charge is -2.29. The number of nitrogens with one attached hydrogen (secondary N) is 1. The fourth-order valence-corrected chi connectivity index (χ4v) is 3.30. The molecule has 1 aliphatic rings. The zero-order chi connectivity index (χ0) is 17.3. The Morgan fingerprint density at radius 2 is 2.21 bits per heavy atom. The van der Waals surface area contributed by atoms with Gasteiger partial charge in [0, 0.05) is 32.0 Å². The summed E-state index contributed by atoms with van der Waals surface area (Å²) in [7, 11) is -3.26. The summed E-state index contributed by atoms with van der Waals surface area (Å²) in [5, 5.41) is 0. The van der Waals surface area contributed by atoms with Crippen molar-refractivity contribution < 1.29 is 17.6 Å². The first-order valence-electron chi connectivity index (χ1n) is 7.58. The molecule has 0 aromatic carbocycles. The van der Waals surface area contributed by atoms with Crippen LogP contribution in [0.4, 0.5) is 0 Å². The van der Waals surface area contributed by atoms with E-state index >= 15 is 0 Å². The average molecular weight is 349 g/mol. The van der Waals surface area contributed by atoms with E-state index in [-0.39, 0.29) is 12.5 Å². The van der Waals surface area contributed by atoms with Crippen molar-refractivity contribution in [1.29, 1.82) is 0 Å². The maximum absolute atomic E-state index is 12.6. The van der Waals surface area contributed by atoms with Gasteiger partial charge in [-0.05, 0) is 36.1 Å². The third-order valence-electron chi connectivity index (χ3n) is 4.13. The van der Waals surface area contributed by atoms with E-state index < -0.39 is 10.0 Å². The number of nitrogens with zero attached hydrogens (tertiary/aromatic N) is 2. The fourth-order valence-electron chi connectivity index (χ4n) is 2.88. The van der Waals surface area contributed by atoms with Crippen LogP contribution in [0.15, 0.2) is 29.1 Å². The van der Waals surface area contributed by atoms with Gasteiger partial charge < -0.3 is 9.32 Å². The first kappa shape index (κ1) is 16.7. The summed E-state index contributed by atoms with van der Waals surface area (Å²) in [5.74, 6) is 0.543. The molecule has 0 saturated carbocycles. The van der Waals surface area contributed by atoms with Gasteiger partial charge in [-0.2, -0.15) is 0 Å². The smallest absolute Gasteiger partial charge is 0.257 e. The number of carbonyl (C=O) groups excluding carboxylic acids is 1. The molecule has 1 N–H and O–H groups in total. The molecule has 3 rings (SSSR count). The molecular formula is C16H19N3O4S. The van der Waals surface area contributed by atoms with Crippen LogP contribution in [0.5, 0.6) is 0 Å². The first-order chi connectivity index (χ1) is 11.3. The predicted octanol–water partition coefficient (Wildman–Crippen LogP) is 1.23. The average Bonchev–Trinajstić information content (AvgIpc) is 2.97. The molecule has 3 heterocycles. The summed E-state index contributed by atoms with van der Waals surface area (Å²) in [5.41, 5.74) is 3.43. The van der Waals surface area contributed by atoms with E-state index in [0.717, 1.165) is 22.9 Å². The quantitative estimate of drug-likeness (QED) is 0.896. The second kappa shape index (κ2) is 6.37. The Balaban J connectivity index is 1.79. The summed E-state index contributed by atoms with van der Waals surface area (Å²) >= 11 is 0. The lowest BCUT2D eigenvalue weighted by molar-refractivity contribution is 0.0732. The van der Waals surface area contributed by atoms with Crippen LogP contribution in [0.3, 0.4) is 0 Å². The van der Waals surface area contributed by atoms with Gasteiger partial charge in [-0.3, -0.25) is 9.78 Å². The number of amides is 1. The summed E-state index contributed by atoms with van der Waals surface area (Å²) in [6, 6.07) is 1.68. The van der Waals surface area contributed by atoms with Gasteiger partial charge in [0.05, 0.1) is 18.1 Å². The van der Waals surface area contributed by atoms with Gasteiger partial charge >= 0.3 is 0 Å². The molecule has 8 heteroatoms. The van der Waals surface area contributed by atoms with Crippen molar-refractivity contribution in [2.24, 2.45) is 0 Å². The molecule has 0 spiro atoms. The number of pyridine rings is 1. The molecule has 1 aliphatic heterocycles. The lowest BCUT2D eigenvalue weighted by atomic mass is 9.96. The minimum Gasteiger partial charge on any atom is -0.469 e. The maximum atomic E-state index is 12.6. The highest BCUT2D eigenvalue weighted by Crippen LogP contribution is 2.24. The molecule has 0 bridgehead atoms. The molecule has 0 fully saturated rings. The molecule has 2 aromatic rings. The van der Waals surface area contributed by atoms with E-state index in [2.05, 4.69) is 9.71 Å². The predicted molar refractivity (Wildman–Crippen MR) is 87.8 cm³/mol. The molecule has 7 nitrogen and oxygen atoms in total. The van der Waals surface area contributed by atoms with Crippen molar-refractivity contribution >= 4 is 15.9 Å². The number of aromatic nitrogens is 1. The number of aryl methyl sites for hydroxylation is 1. The van der Waals surface area contributed by atoms with Crippen molar-refractivity contribution in [2.45, 2.75) is 26.4 Å². The van der Waals surface area contributed by atoms with Crippen molar-refractivity contribution in [1.82, 2.24) is 14.6 Å². The van der Waals surface area contributed by atoms with E-state index in [9.17, 15) is 13.2 Å². The number of furan rings is 1. The molecule has 0 unspecified atom stereocenters. The normalized spacial score (nSPS) is 14.5. The van der Waals surface area contributed by atoms with Crippen molar-refractivity contribution in [3.8, 4) is 0 Å². The SMILES string of the molecule is Cc1occc1C(=O)N1CCc2c(CNS(C)(=O)=O)cncc2C1. The molecule has 0 saturated heterocycles. The first-order valence-corrected chi connectivity index (χ1v) is 9.47. The zero-order valence-corrected chi connectivity index (χ0v) is 14.4. The van der Waals surface area contributed by atoms with E-state index in [1.807, 2.05) is 0 Å². The van der Waals surface area contributed by atoms with Gasteiger partial charge in [-0.15, -0.1) is 0 Å². The third kappa shape index (κ3) is 3.49. The molecular weight excluding hydrogens is 330 g/mol. The summed E-state index contributed by atoms with van der Waals surface area (Å²) < 4.78 is 30.3. The Labute approximate surface area is 140 Å². The highest BCUT2D eigenvalue weighted by Gasteiger charge is 2.25. The molecule has 1 amide bonds. The molecule has 0 atom stereocenters. The number of rotatable bonds is 4. The van der Waals surface area contributed by atoms with Gasteiger partial charge in [-0.1, -0.05) is 0 Å². The van der Waals surface area contributed by atoms with Crippen molar-refractivity contribution in [3.05, 3.63) is 52.7 Å². The van der Waals surface area contributed by atoms with Gasteiger partial charge in [0.2, 0.25) is 10.0 Å². The number of hydrogen-bond acceptors (Lipinski definition) is 5. The van der Waals surface area contributed by atoms with E-state index in [4.69, 9.17) is 4.42 Å². The Morgan fingerprint density at radius 3 is 2.88 bits per heavy atom. The van der Waals surface area contributed by atoms with Gasteiger partial charge in [0.1, 0.15) is 5.76 Å². The van der Waals surface area contributed by atoms with Gasteiger partial charge in [-0.25, -0.2) is 13.1 Å². The zero-order valence-electron chi connectivity index (χ0n) is 13.6. The van der Waals surface area contributed by atoms with E-state index in [1.54, 1.807) is 30.3 Å². The van der Waals surface area contributed by atoms with Crippen molar-refractivity contribution in [2.75, 3.05) is 12.8 Å². The molecule has 24 heavy (non-hydrogen) atoms. The van der Waals surface area contributed by atoms with Crippen LogP contribution < -0.4 is 4.72 Å². The standard InChI is InChI=1S/C16H19N3O4S/c1-11-14(4-6-23-11)16(20)19-5-3-15-12(9-18-24(2,21)22)7-17-8-13(15)10-19/h4,6-8,18H,3,5,9-10H2,1-2H3. The Morgan fingerprint density at radius 1 is 1.42 bits per heavy atom. The third-order valence-corrected chi connectivity index (χ3v) is 4.80. The monoisotopic (exact) mass is 349 g/mol. The second-order valence-electron chi connectivity index (χ2n) is 5.90. The van der Waals surface area contributed by atoms with Crippen molar-refractivity contribution in [3.63, 3.8) is 0 Å². The number of hydrogen-bond donors (Lipinski definition) is 1. The molecule has 0 radical (unpaired) electrons. The minimum absolute atomic E-state index is 0.0634. The fraction of sp³-hybridized carbons (Fsp3) is 0.375. The van der Waals surface area contributed by atoms with Crippen LogP contribution in [0.2, 0.25) is 0 Å². The van der Waals surface area contributed by atoms with Crippen LogP contribution in [0, 0.1) is 6.92 Å². The molecule has 2 aromatic heterocycles. The largest absolute Gasteiger partial charge is 0.469 e. The highest BCUT2D eigenvalue weighted by atomic mass is 32.2. The minimum atomic E-state index is -3.26. The highest BCUT2D eigenvalue weighted by molar-refractivity contribution is 7.88. The van der Waals surface area contributed by atoms with Crippen LogP contribution in [-0.2, 0) is 29.5 Å². The maximum Gasteiger partial charge on any atom is 0.257 e. The summed E-state index contributed by atoms with van der Waals surface area (Å²) in [6.45, 7) is 3.01. The number of carbonyl (C=O) groups is 1. The number of fused-ring (bicyclic) bond motifs is 1. The molecule has 128 valence electrons. The van der Waals surface area contributed by atoms with Gasteiger partial charge in [0.25, 0.3) is 5.91 Å². The van der Waals surface area contributed by atoms with Crippen LogP contribution in [0.1, 0.15) is 32.8 Å². The topological polar surface area (TPSA) is 92.5 Å². The Kier molecular flexibility index (Phi) is 4.42. The van der Waals surface area contributed by atoms with Crippen LogP contribution in [0.25, 0.3) is 0 Å². The van der Waals surface area contributed by atoms with E-state index in [0.29, 0.717) is 30.8 Å². The number of sulfonamides is 1. The van der Waals surface area contributed by atoms with Gasteiger partial charge in [0.15, 0.2) is 0 Å². The second-order valence-corrected chi connectivity index (χ2v) is 7.73. The van der Waals surface area contributed by atoms with Crippen LogP contribution in [-0.4, -0.2) is 37.0 Å². The van der Waals surface area contributed by atoms with Crippen LogP contribution >= 0.6 is 0 Å². The Hall–Kier alpha value is -2.19. The van der Waals surface area contributed by atoms with E-state index in [1.165, 1.54) is 6.26 Å². The lowest BCUT2D eigenvalue weighted by Crippen LogP contribution is -2.37. The Bertz CT molecular complexity index is 873. The summed E-state index contributed by atoms with van der Waals surface area (Å²) in [4.78, 5) is 18.5.